The van der Waals surface area contributed by atoms with Gasteiger partial charge >= 0.3 is 6.07 Å². The molecule has 2 rings (SSSR count). The van der Waals surface area contributed by atoms with Gasteiger partial charge in [-0.1, -0.05) is 5.92 Å². The third-order valence-electron chi connectivity index (χ3n) is 2.70. The Morgan fingerprint density at radius 2 is 2.17 bits per heavy atom. The van der Waals surface area contributed by atoms with E-state index in [9.17, 15) is 5.21 Å². The van der Waals surface area contributed by atoms with Gasteiger partial charge in [-0.3, -0.25) is 0 Å². The highest BCUT2D eigenvalue weighted by molar-refractivity contribution is 5.09. The first-order valence-corrected chi connectivity index (χ1v) is 5.67. The fraction of sp³-hybridized carbons (Fsp3) is 0.750. The monoisotopic (exact) mass is 253 g/mol. The molecule has 0 amide bonds. The van der Waals surface area contributed by atoms with E-state index < -0.39 is 30.4 Å². The zero-order valence-electron chi connectivity index (χ0n) is 10.5. The van der Waals surface area contributed by atoms with Crippen LogP contribution >= 0.6 is 0 Å². The Labute approximate surface area is 106 Å². The quantitative estimate of drug-likeness (QED) is 0.544. The van der Waals surface area contributed by atoms with E-state index in [4.69, 9.17) is 18.9 Å². The molecular formula is C12H15NO5. The van der Waals surface area contributed by atoms with Crippen molar-refractivity contribution in [1.29, 1.82) is 0 Å². The highest BCUT2D eigenvalue weighted by Gasteiger charge is 2.56. The van der Waals surface area contributed by atoms with Gasteiger partial charge in [-0.15, -0.1) is 5.92 Å². The van der Waals surface area contributed by atoms with E-state index in [1.807, 2.05) is 0 Å². The van der Waals surface area contributed by atoms with E-state index in [0.29, 0.717) is 0 Å². The number of ether oxygens (including phenoxy) is 4. The van der Waals surface area contributed by atoms with Crippen LogP contribution < -0.4 is 0 Å². The van der Waals surface area contributed by atoms with Crippen molar-refractivity contribution in [2.24, 2.45) is 0 Å². The summed E-state index contributed by atoms with van der Waals surface area (Å²) in [6, 6.07) is 2.29. The van der Waals surface area contributed by atoms with Gasteiger partial charge in [0.1, 0.15) is 18.8 Å². The van der Waals surface area contributed by atoms with Crippen LogP contribution in [-0.2, 0) is 18.9 Å². The summed E-state index contributed by atoms with van der Waals surface area (Å²) in [7, 11) is 0. The summed E-state index contributed by atoms with van der Waals surface area (Å²) in [5.74, 6) is 4.77. The summed E-state index contributed by atoms with van der Waals surface area (Å²) in [4.78, 5) is 0. The summed E-state index contributed by atoms with van der Waals surface area (Å²) in [5, 5.41) is 12.9. The lowest BCUT2D eigenvalue weighted by Gasteiger charge is -2.21. The van der Waals surface area contributed by atoms with E-state index in [0.717, 1.165) is 0 Å². The van der Waals surface area contributed by atoms with Crippen molar-refractivity contribution < 1.29 is 18.9 Å². The minimum absolute atomic E-state index is 0.231. The average Bonchev–Trinajstić information content (AvgIpc) is 2.73. The zero-order valence-corrected chi connectivity index (χ0v) is 10.5. The van der Waals surface area contributed by atoms with Crippen molar-refractivity contribution in [3.63, 3.8) is 0 Å². The summed E-state index contributed by atoms with van der Waals surface area (Å²) in [6.45, 7) is 5.53. The van der Waals surface area contributed by atoms with Crippen LogP contribution in [0.4, 0.5) is 0 Å². The molecule has 0 bridgehead atoms. The molecule has 0 N–H and O–H groups in total. The molecule has 2 saturated heterocycles. The second kappa shape index (κ2) is 5.13. The van der Waals surface area contributed by atoms with Crippen molar-refractivity contribution in [3.05, 3.63) is 10.2 Å². The van der Waals surface area contributed by atoms with Gasteiger partial charge in [0.05, 0.1) is 0 Å². The van der Waals surface area contributed by atoms with Gasteiger partial charge < -0.3 is 24.2 Å². The van der Waals surface area contributed by atoms with Gasteiger partial charge in [0.25, 0.3) is 0 Å². The van der Waals surface area contributed by atoms with Gasteiger partial charge in [0, 0.05) is 5.01 Å². The SMILES string of the molecule is CC#CCO[C@@H]1[C@H]2OC(C)(C)O[C@H]2O[C@@H]1C#[N+][O-]. The predicted octanol–water partition coefficient (Wildman–Crippen LogP) is 1.10. The molecule has 6 heteroatoms. The molecule has 18 heavy (non-hydrogen) atoms. The highest BCUT2D eigenvalue weighted by atomic mass is 16.8. The maximum atomic E-state index is 10.3. The second-order valence-electron chi connectivity index (χ2n) is 4.45. The molecule has 0 spiro atoms. The third-order valence-corrected chi connectivity index (χ3v) is 2.70. The summed E-state index contributed by atoms with van der Waals surface area (Å²) < 4.78 is 22.3. The van der Waals surface area contributed by atoms with Crippen LogP contribution in [0.15, 0.2) is 0 Å². The first-order chi connectivity index (χ1) is 8.57. The molecule has 0 aromatic heterocycles. The molecule has 4 atom stereocenters. The van der Waals surface area contributed by atoms with E-state index in [-0.39, 0.29) is 6.61 Å². The molecule has 0 aromatic carbocycles. The summed E-state index contributed by atoms with van der Waals surface area (Å²) in [5.41, 5.74) is 0. The Kier molecular flexibility index (Phi) is 3.74. The fourth-order valence-electron chi connectivity index (χ4n) is 2.03. The standard InChI is InChI=1S/C12H15NO5/c1-4-5-6-15-9-8(7-13-14)16-11-10(9)17-12(2,3)18-11/h8-11H,6H2,1-3H3/t8-,9+,10-,11-/m1/s1. The molecule has 98 valence electrons. The third kappa shape index (κ3) is 2.58. The number of fused-ring (bicyclic) bond motifs is 1. The Balaban J connectivity index is 2.08. The van der Waals surface area contributed by atoms with Crippen LogP contribution in [0.1, 0.15) is 20.8 Å². The first kappa shape index (κ1) is 13.1. The molecule has 2 heterocycles. The number of hydrogen-bond acceptors (Lipinski definition) is 5. The van der Waals surface area contributed by atoms with E-state index >= 15 is 0 Å². The van der Waals surface area contributed by atoms with Gasteiger partial charge in [0.2, 0.25) is 6.10 Å². The van der Waals surface area contributed by atoms with Crippen LogP contribution in [0.5, 0.6) is 0 Å². The van der Waals surface area contributed by atoms with Crippen LogP contribution in [0, 0.1) is 23.1 Å². The Hall–Kier alpha value is -1.31. The van der Waals surface area contributed by atoms with Crippen molar-refractivity contribution in [3.8, 4) is 17.9 Å². The normalized spacial score (nSPS) is 36.2. The van der Waals surface area contributed by atoms with Gasteiger partial charge in [-0.05, 0) is 20.8 Å². The van der Waals surface area contributed by atoms with E-state index in [2.05, 4.69) is 22.9 Å². The average molecular weight is 253 g/mol. The topological polar surface area (TPSA) is 64.3 Å². The van der Waals surface area contributed by atoms with Crippen LogP contribution in [0.25, 0.3) is 5.01 Å². The Morgan fingerprint density at radius 1 is 1.39 bits per heavy atom. The molecule has 0 aliphatic carbocycles. The van der Waals surface area contributed by atoms with Crippen molar-refractivity contribution >= 4 is 0 Å². The maximum Gasteiger partial charge on any atom is 0.333 e. The molecule has 0 unspecified atom stereocenters. The van der Waals surface area contributed by atoms with E-state index in [1.54, 1.807) is 20.8 Å². The second-order valence-corrected chi connectivity index (χ2v) is 4.45. The lowest BCUT2D eigenvalue weighted by Crippen LogP contribution is -2.36. The van der Waals surface area contributed by atoms with Crippen LogP contribution in [0.2, 0.25) is 0 Å². The summed E-state index contributed by atoms with van der Waals surface area (Å²) >= 11 is 0. The van der Waals surface area contributed by atoms with Crippen LogP contribution in [0.3, 0.4) is 0 Å². The van der Waals surface area contributed by atoms with Gasteiger partial charge in [0.15, 0.2) is 12.1 Å². The van der Waals surface area contributed by atoms with E-state index in [1.165, 1.54) is 0 Å². The molecular weight excluding hydrogens is 238 g/mol. The molecule has 2 aliphatic rings. The Bertz CT molecular complexity index is 427. The fourth-order valence-corrected chi connectivity index (χ4v) is 2.03. The molecule has 0 aromatic rings. The van der Waals surface area contributed by atoms with Crippen molar-refractivity contribution in [1.82, 2.24) is 0 Å². The summed E-state index contributed by atoms with van der Waals surface area (Å²) in [6.07, 6.45) is -2.15. The number of nitrogens with zero attached hydrogens (tertiary/aromatic N) is 1. The minimum atomic E-state index is -0.729. The van der Waals surface area contributed by atoms with Crippen molar-refractivity contribution in [2.75, 3.05) is 6.61 Å². The lowest BCUT2D eigenvalue weighted by atomic mass is 10.1. The number of hydrogen-bond donors (Lipinski definition) is 0. The number of rotatable bonds is 2. The molecule has 0 saturated carbocycles. The van der Waals surface area contributed by atoms with Crippen LogP contribution in [-0.4, -0.2) is 37.0 Å². The smallest absolute Gasteiger partial charge is 0.333 e. The van der Waals surface area contributed by atoms with Crippen molar-refractivity contribution in [2.45, 2.75) is 51.2 Å². The molecule has 0 radical (unpaired) electrons. The molecule has 6 nitrogen and oxygen atoms in total. The zero-order chi connectivity index (χ0) is 13.2. The molecule has 2 fully saturated rings. The van der Waals surface area contributed by atoms with Gasteiger partial charge in [-0.25, -0.2) is 0 Å². The molecule has 2 aliphatic heterocycles. The van der Waals surface area contributed by atoms with Gasteiger partial charge in [-0.2, -0.15) is 0 Å². The highest BCUT2D eigenvalue weighted by Crippen LogP contribution is 2.38. The minimum Gasteiger partial charge on any atom is -0.498 e. The first-order valence-electron chi connectivity index (χ1n) is 5.67. The largest absolute Gasteiger partial charge is 0.498 e. The Morgan fingerprint density at radius 3 is 2.83 bits per heavy atom. The lowest BCUT2D eigenvalue weighted by molar-refractivity contribution is -0.210. The maximum absolute atomic E-state index is 10.3. The predicted molar refractivity (Wildman–Crippen MR) is 62.5 cm³/mol.